The van der Waals surface area contributed by atoms with E-state index in [4.69, 9.17) is 4.74 Å². The summed E-state index contributed by atoms with van der Waals surface area (Å²) in [5, 5.41) is 11.1. The van der Waals surface area contributed by atoms with Crippen LogP contribution in [-0.4, -0.2) is 12.2 Å². The number of hydrogen-bond acceptors (Lipinski definition) is 2. The maximum Gasteiger partial charge on any atom is 0.124 e. The molecule has 0 saturated heterocycles. The Morgan fingerprint density at radius 1 is 1.32 bits per heavy atom. The van der Waals surface area contributed by atoms with Crippen LogP contribution in [0.25, 0.3) is 0 Å². The zero-order valence-corrected chi connectivity index (χ0v) is 12.4. The number of ether oxygens (including phenoxy) is 1. The molecule has 0 amide bonds. The molecule has 0 spiro atoms. The molecule has 1 aliphatic carbocycles. The highest BCUT2D eigenvalue weighted by atomic mass is 16.5. The fourth-order valence-electron chi connectivity index (χ4n) is 3.46. The molecule has 1 N–H and O–H groups in total. The van der Waals surface area contributed by atoms with E-state index in [0.29, 0.717) is 5.92 Å². The van der Waals surface area contributed by atoms with Crippen LogP contribution in [0.5, 0.6) is 5.75 Å². The molecule has 1 saturated carbocycles. The van der Waals surface area contributed by atoms with Gasteiger partial charge in [0.25, 0.3) is 0 Å². The summed E-state index contributed by atoms with van der Waals surface area (Å²) in [6, 6.07) is 7.86. The lowest BCUT2D eigenvalue weighted by molar-refractivity contribution is -0.0327. The first-order valence-corrected chi connectivity index (χ1v) is 7.45. The molecule has 3 atom stereocenters. The predicted octanol–water partition coefficient (Wildman–Crippen LogP) is 4.12. The van der Waals surface area contributed by atoms with Crippen LogP contribution >= 0.6 is 0 Å². The third-order valence-electron chi connectivity index (χ3n) is 4.81. The summed E-state index contributed by atoms with van der Waals surface area (Å²) in [5.41, 5.74) is 0.139. The first-order chi connectivity index (χ1) is 9.09. The summed E-state index contributed by atoms with van der Waals surface area (Å²) in [6.07, 6.45) is 6.01. The third kappa shape index (κ3) is 2.94. The maximum absolute atomic E-state index is 11.1. The van der Waals surface area contributed by atoms with Crippen molar-refractivity contribution in [1.29, 1.82) is 0 Å². The predicted molar refractivity (Wildman–Crippen MR) is 78.3 cm³/mol. The molecular formula is C17H26O2. The van der Waals surface area contributed by atoms with E-state index in [9.17, 15) is 5.11 Å². The van der Waals surface area contributed by atoms with Gasteiger partial charge in [0.15, 0.2) is 0 Å². The fourth-order valence-corrected chi connectivity index (χ4v) is 3.46. The van der Waals surface area contributed by atoms with Gasteiger partial charge < -0.3 is 9.84 Å². The van der Waals surface area contributed by atoms with E-state index in [2.05, 4.69) is 6.92 Å². The average Bonchev–Trinajstić information content (AvgIpc) is 2.47. The maximum atomic E-state index is 11.1. The Labute approximate surface area is 116 Å². The van der Waals surface area contributed by atoms with Gasteiger partial charge in [0.1, 0.15) is 5.75 Å². The van der Waals surface area contributed by atoms with Crippen LogP contribution < -0.4 is 4.74 Å². The van der Waals surface area contributed by atoms with Crippen molar-refractivity contribution in [2.75, 3.05) is 7.11 Å². The minimum Gasteiger partial charge on any atom is -0.496 e. The fraction of sp³-hybridized carbons (Fsp3) is 0.647. The molecule has 1 aliphatic rings. The zero-order valence-electron chi connectivity index (χ0n) is 12.4. The first kappa shape index (κ1) is 14.4. The van der Waals surface area contributed by atoms with Crippen molar-refractivity contribution in [2.24, 2.45) is 11.8 Å². The van der Waals surface area contributed by atoms with E-state index < -0.39 is 5.60 Å². The SMILES string of the molecule is CCC1CCCC(C(C)(O)c2ccccc2OC)C1. The quantitative estimate of drug-likeness (QED) is 0.884. The molecule has 1 aromatic rings. The number of hydrogen-bond donors (Lipinski definition) is 1. The average molecular weight is 262 g/mol. The molecule has 1 aromatic carbocycles. The summed E-state index contributed by atoms with van der Waals surface area (Å²) in [4.78, 5) is 0. The molecule has 19 heavy (non-hydrogen) atoms. The summed E-state index contributed by atoms with van der Waals surface area (Å²) in [7, 11) is 1.67. The summed E-state index contributed by atoms with van der Waals surface area (Å²) in [5.74, 6) is 1.90. The lowest BCUT2D eigenvalue weighted by atomic mass is 9.70. The number of para-hydroxylation sites is 1. The summed E-state index contributed by atoms with van der Waals surface area (Å²) in [6.45, 7) is 4.21. The van der Waals surface area contributed by atoms with E-state index in [1.54, 1.807) is 7.11 Å². The monoisotopic (exact) mass is 262 g/mol. The summed E-state index contributed by atoms with van der Waals surface area (Å²) >= 11 is 0. The molecular weight excluding hydrogens is 236 g/mol. The van der Waals surface area contributed by atoms with Gasteiger partial charge in [0.2, 0.25) is 0 Å². The number of benzene rings is 1. The van der Waals surface area contributed by atoms with Crippen molar-refractivity contribution in [3.05, 3.63) is 29.8 Å². The third-order valence-corrected chi connectivity index (χ3v) is 4.81. The number of aliphatic hydroxyl groups is 1. The molecule has 106 valence electrons. The van der Waals surface area contributed by atoms with Gasteiger partial charge >= 0.3 is 0 Å². The highest BCUT2D eigenvalue weighted by Gasteiger charge is 2.38. The van der Waals surface area contributed by atoms with Crippen LogP contribution in [0.4, 0.5) is 0 Å². The van der Waals surface area contributed by atoms with Gasteiger partial charge in [-0.2, -0.15) is 0 Å². The van der Waals surface area contributed by atoms with Gasteiger partial charge in [-0.1, -0.05) is 44.4 Å². The van der Waals surface area contributed by atoms with Crippen LogP contribution in [0, 0.1) is 11.8 Å². The summed E-state index contributed by atoms with van der Waals surface area (Å²) < 4.78 is 5.42. The molecule has 2 nitrogen and oxygen atoms in total. The molecule has 0 heterocycles. The van der Waals surface area contributed by atoms with Crippen molar-refractivity contribution in [3.63, 3.8) is 0 Å². The standard InChI is InChI=1S/C17H26O2/c1-4-13-8-7-9-14(12-13)17(2,18)15-10-5-6-11-16(15)19-3/h5-6,10-11,13-14,18H,4,7-9,12H2,1-3H3. The molecule has 0 radical (unpaired) electrons. The second kappa shape index (κ2) is 5.96. The van der Waals surface area contributed by atoms with E-state index >= 15 is 0 Å². The van der Waals surface area contributed by atoms with E-state index in [-0.39, 0.29) is 0 Å². The lowest BCUT2D eigenvalue weighted by Gasteiger charge is -2.39. The van der Waals surface area contributed by atoms with Crippen molar-refractivity contribution < 1.29 is 9.84 Å². The van der Waals surface area contributed by atoms with Crippen LogP contribution in [-0.2, 0) is 5.60 Å². The molecule has 0 bridgehead atoms. The van der Waals surface area contributed by atoms with E-state index in [0.717, 1.165) is 30.1 Å². The second-order valence-corrected chi connectivity index (χ2v) is 5.99. The largest absolute Gasteiger partial charge is 0.496 e. The van der Waals surface area contributed by atoms with Gasteiger partial charge in [0, 0.05) is 5.56 Å². The lowest BCUT2D eigenvalue weighted by Crippen LogP contribution is -2.35. The second-order valence-electron chi connectivity index (χ2n) is 5.99. The Balaban J connectivity index is 2.25. The van der Waals surface area contributed by atoms with Gasteiger partial charge in [-0.3, -0.25) is 0 Å². The molecule has 0 aliphatic heterocycles. The van der Waals surface area contributed by atoms with Gasteiger partial charge in [-0.05, 0) is 37.7 Å². The van der Waals surface area contributed by atoms with Crippen molar-refractivity contribution in [1.82, 2.24) is 0 Å². The highest BCUT2D eigenvalue weighted by molar-refractivity contribution is 5.38. The Bertz CT molecular complexity index is 411. The Morgan fingerprint density at radius 2 is 2.05 bits per heavy atom. The van der Waals surface area contributed by atoms with E-state index in [1.165, 1.54) is 19.3 Å². The number of methoxy groups -OCH3 is 1. The topological polar surface area (TPSA) is 29.5 Å². The Morgan fingerprint density at radius 3 is 2.74 bits per heavy atom. The van der Waals surface area contributed by atoms with Gasteiger partial charge in [0.05, 0.1) is 12.7 Å². The molecule has 3 unspecified atom stereocenters. The Kier molecular flexibility index (Phi) is 4.51. The van der Waals surface area contributed by atoms with Crippen LogP contribution in [0.15, 0.2) is 24.3 Å². The van der Waals surface area contributed by atoms with Crippen molar-refractivity contribution in [2.45, 2.75) is 51.6 Å². The molecule has 1 fully saturated rings. The van der Waals surface area contributed by atoms with Crippen LogP contribution in [0.3, 0.4) is 0 Å². The first-order valence-electron chi connectivity index (χ1n) is 7.45. The van der Waals surface area contributed by atoms with Crippen LogP contribution in [0.2, 0.25) is 0 Å². The molecule has 2 rings (SSSR count). The van der Waals surface area contributed by atoms with Crippen LogP contribution in [0.1, 0.15) is 51.5 Å². The zero-order chi connectivity index (χ0) is 13.9. The highest BCUT2D eigenvalue weighted by Crippen LogP contribution is 2.44. The van der Waals surface area contributed by atoms with Gasteiger partial charge in [-0.25, -0.2) is 0 Å². The smallest absolute Gasteiger partial charge is 0.124 e. The number of rotatable bonds is 4. The normalized spacial score (nSPS) is 26.7. The minimum atomic E-state index is -0.791. The van der Waals surface area contributed by atoms with Crippen molar-refractivity contribution >= 4 is 0 Å². The Hall–Kier alpha value is -1.02. The molecule has 2 heteroatoms. The molecule has 0 aromatic heterocycles. The minimum absolute atomic E-state index is 0.336. The van der Waals surface area contributed by atoms with Gasteiger partial charge in [-0.15, -0.1) is 0 Å². The van der Waals surface area contributed by atoms with Crippen molar-refractivity contribution in [3.8, 4) is 5.75 Å². The van der Waals surface area contributed by atoms with E-state index in [1.807, 2.05) is 31.2 Å².